The van der Waals surface area contributed by atoms with Crippen molar-refractivity contribution >= 4 is 28.5 Å². The smallest absolute Gasteiger partial charge is 0.234 e. The van der Waals surface area contributed by atoms with Crippen LogP contribution in [0.2, 0.25) is 0 Å². The van der Waals surface area contributed by atoms with Crippen LogP contribution in [0.5, 0.6) is 0 Å². The first-order valence-electron chi connectivity index (χ1n) is 15.0. The number of amides is 1. The number of anilines is 1. The van der Waals surface area contributed by atoms with Crippen molar-refractivity contribution in [3.63, 3.8) is 0 Å². The first-order chi connectivity index (χ1) is 20.5. The Morgan fingerprint density at radius 3 is 2.31 bits per heavy atom. The van der Waals surface area contributed by atoms with Gasteiger partial charge in [-0.1, -0.05) is 54.6 Å². The maximum Gasteiger partial charge on any atom is 0.234 e. The van der Waals surface area contributed by atoms with Crippen molar-refractivity contribution in [3.8, 4) is 0 Å². The molecule has 0 unspecified atom stereocenters. The van der Waals surface area contributed by atoms with Crippen LogP contribution < -0.4 is 10.6 Å². The van der Waals surface area contributed by atoms with Crippen molar-refractivity contribution in [1.82, 2.24) is 30.1 Å². The van der Waals surface area contributed by atoms with Crippen LogP contribution in [0.1, 0.15) is 52.7 Å². The number of carbonyl (C=O) groups excluding carboxylic acids is 2. The average molecular weight is 566 g/mol. The fraction of sp³-hybridized carbons (Fsp3) is 0.394. The van der Waals surface area contributed by atoms with Crippen molar-refractivity contribution in [2.24, 2.45) is 0 Å². The molecular weight excluding hydrogens is 526 g/mol. The van der Waals surface area contributed by atoms with Crippen molar-refractivity contribution in [3.05, 3.63) is 89.4 Å². The summed E-state index contributed by atoms with van der Waals surface area (Å²) in [7, 11) is 0. The normalized spacial score (nSPS) is 19.9. The van der Waals surface area contributed by atoms with Gasteiger partial charge in [0.1, 0.15) is 17.8 Å². The zero-order chi connectivity index (χ0) is 28.9. The number of ketones is 1. The number of aryl methyl sites for hydroxylation is 1. The third kappa shape index (κ3) is 6.53. The lowest BCUT2D eigenvalue weighted by molar-refractivity contribution is -0.123. The zero-order valence-corrected chi connectivity index (χ0v) is 24.2. The molecule has 1 amide bonds. The standard InChI is InChI=1S/C33H39N7O2/c1-23-7-5-6-10-27(23)31(42)28-19-34-32-30(28)33(36-22-35-32)38-26-13-11-25(12-14-26)37-29(41)21-40-17-15-39(16-18-40)20-24-8-3-2-4-9-24/h2-10,19,22,25-26H,11-18,20-21H2,1H3,(H,37,41)(H2,34,35,36,38)/t25-,26+. The quantitative estimate of drug-likeness (QED) is 0.262. The van der Waals surface area contributed by atoms with E-state index in [1.165, 1.54) is 11.9 Å². The van der Waals surface area contributed by atoms with Crippen LogP contribution >= 0.6 is 0 Å². The minimum atomic E-state index is -0.0405. The Hall–Kier alpha value is -4.08. The number of hydrogen-bond acceptors (Lipinski definition) is 7. The molecule has 0 bridgehead atoms. The van der Waals surface area contributed by atoms with E-state index in [-0.39, 0.29) is 23.8 Å². The van der Waals surface area contributed by atoms with Crippen molar-refractivity contribution < 1.29 is 9.59 Å². The highest BCUT2D eigenvalue weighted by Gasteiger charge is 2.26. The van der Waals surface area contributed by atoms with Gasteiger partial charge in [-0.25, -0.2) is 9.97 Å². The third-order valence-corrected chi connectivity index (χ3v) is 8.62. The molecule has 2 aromatic heterocycles. The van der Waals surface area contributed by atoms with Crippen molar-refractivity contribution in [2.45, 2.75) is 51.2 Å². The lowest BCUT2D eigenvalue weighted by Gasteiger charge is -2.35. The number of rotatable bonds is 9. The summed E-state index contributed by atoms with van der Waals surface area (Å²) in [5.41, 5.74) is 4.17. The van der Waals surface area contributed by atoms with Crippen LogP contribution in [0, 0.1) is 6.92 Å². The molecule has 2 aromatic carbocycles. The van der Waals surface area contributed by atoms with Crippen LogP contribution in [-0.4, -0.2) is 81.2 Å². The van der Waals surface area contributed by atoms with Gasteiger partial charge < -0.3 is 15.6 Å². The molecule has 3 heterocycles. The Balaban J connectivity index is 0.987. The topological polar surface area (TPSA) is 106 Å². The number of H-pyrrole nitrogens is 1. The Labute approximate surface area is 246 Å². The zero-order valence-electron chi connectivity index (χ0n) is 24.2. The third-order valence-electron chi connectivity index (χ3n) is 8.62. The summed E-state index contributed by atoms with van der Waals surface area (Å²) in [5.74, 6) is 0.755. The van der Waals surface area contributed by atoms with E-state index in [0.717, 1.165) is 69.4 Å². The summed E-state index contributed by atoms with van der Waals surface area (Å²) in [6.07, 6.45) is 6.90. The number of aromatic nitrogens is 3. The fourth-order valence-corrected chi connectivity index (χ4v) is 6.22. The molecular formula is C33H39N7O2. The monoisotopic (exact) mass is 565 g/mol. The predicted molar refractivity (Wildman–Crippen MR) is 164 cm³/mol. The summed E-state index contributed by atoms with van der Waals surface area (Å²) in [6, 6.07) is 18.6. The first kappa shape index (κ1) is 28.1. The summed E-state index contributed by atoms with van der Waals surface area (Å²) in [6.45, 7) is 7.16. The van der Waals surface area contributed by atoms with Crippen LogP contribution in [-0.2, 0) is 11.3 Å². The molecule has 3 N–H and O–H groups in total. The number of aromatic amines is 1. The van der Waals surface area contributed by atoms with Crippen LogP contribution in [0.4, 0.5) is 5.82 Å². The lowest BCUT2D eigenvalue weighted by Crippen LogP contribution is -2.50. The second-order valence-electron chi connectivity index (χ2n) is 11.6. The van der Waals surface area contributed by atoms with Crippen LogP contribution in [0.3, 0.4) is 0 Å². The molecule has 218 valence electrons. The molecule has 0 spiro atoms. The predicted octanol–water partition coefficient (Wildman–Crippen LogP) is 4.15. The molecule has 42 heavy (non-hydrogen) atoms. The number of fused-ring (bicyclic) bond motifs is 1. The summed E-state index contributed by atoms with van der Waals surface area (Å²) < 4.78 is 0. The molecule has 2 fully saturated rings. The largest absolute Gasteiger partial charge is 0.367 e. The summed E-state index contributed by atoms with van der Waals surface area (Å²) in [5, 5.41) is 7.59. The van der Waals surface area contributed by atoms with E-state index < -0.39 is 0 Å². The minimum absolute atomic E-state index is 0.0405. The molecule has 1 saturated carbocycles. The van der Waals surface area contributed by atoms with Crippen molar-refractivity contribution in [1.29, 1.82) is 0 Å². The molecule has 1 saturated heterocycles. The van der Waals surface area contributed by atoms with Gasteiger partial charge in [0.15, 0.2) is 5.78 Å². The average Bonchev–Trinajstić information content (AvgIpc) is 3.45. The Kier molecular flexibility index (Phi) is 8.58. The second kappa shape index (κ2) is 12.8. The maximum atomic E-state index is 13.4. The second-order valence-corrected chi connectivity index (χ2v) is 11.6. The Morgan fingerprint density at radius 1 is 0.857 bits per heavy atom. The highest BCUT2D eigenvalue weighted by atomic mass is 16.2. The van der Waals surface area contributed by atoms with Gasteiger partial charge in [-0.15, -0.1) is 0 Å². The van der Waals surface area contributed by atoms with Gasteiger partial charge in [-0.3, -0.25) is 19.4 Å². The summed E-state index contributed by atoms with van der Waals surface area (Å²) >= 11 is 0. The highest BCUT2D eigenvalue weighted by molar-refractivity contribution is 6.18. The van der Waals surface area contributed by atoms with E-state index in [4.69, 9.17) is 0 Å². The molecule has 4 aromatic rings. The van der Waals surface area contributed by atoms with Crippen LogP contribution in [0.15, 0.2) is 67.1 Å². The summed E-state index contributed by atoms with van der Waals surface area (Å²) in [4.78, 5) is 43.0. The van der Waals surface area contributed by atoms with E-state index in [1.54, 1.807) is 6.20 Å². The number of nitrogens with one attached hydrogen (secondary N) is 3. The molecule has 2 aliphatic rings. The molecule has 9 heteroatoms. The highest BCUT2D eigenvalue weighted by Crippen LogP contribution is 2.29. The maximum absolute atomic E-state index is 13.4. The number of piperazine rings is 1. The SMILES string of the molecule is Cc1ccccc1C(=O)c1c[nH]c2ncnc(N[C@H]3CC[C@@H](NC(=O)CN4CCN(Cc5ccccc5)CC4)CC3)c12. The van der Waals surface area contributed by atoms with Gasteiger partial charge in [0.2, 0.25) is 5.91 Å². The molecule has 6 rings (SSSR count). The molecule has 0 radical (unpaired) electrons. The van der Waals surface area contributed by atoms with Gasteiger partial charge in [0, 0.05) is 56.6 Å². The number of nitrogens with zero attached hydrogens (tertiary/aromatic N) is 4. The molecule has 1 aliphatic heterocycles. The van der Waals surface area contributed by atoms with Crippen molar-refractivity contribution in [2.75, 3.05) is 38.0 Å². The number of hydrogen-bond donors (Lipinski definition) is 3. The van der Waals surface area contributed by atoms with Gasteiger partial charge in [0.25, 0.3) is 0 Å². The van der Waals surface area contributed by atoms with E-state index in [2.05, 4.69) is 59.7 Å². The van der Waals surface area contributed by atoms with Gasteiger partial charge >= 0.3 is 0 Å². The van der Waals surface area contributed by atoms with E-state index >= 15 is 0 Å². The fourth-order valence-electron chi connectivity index (χ4n) is 6.22. The molecule has 0 atom stereocenters. The number of benzene rings is 2. The van der Waals surface area contributed by atoms with E-state index in [1.807, 2.05) is 37.3 Å². The lowest BCUT2D eigenvalue weighted by atomic mass is 9.91. The van der Waals surface area contributed by atoms with E-state index in [9.17, 15) is 9.59 Å². The first-order valence-corrected chi connectivity index (χ1v) is 15.0. The van der Waals surface area contributed by atoms with E-state index in [0.29, 0.717) is 29.1 Å². The Morgan fingerprint density at radius 2 is 1.55 bits per heavy atom. The Bertz CT molecular complexity index is 1520. The minimum Gasteiger partial charge on any atom is -0.367 e. The number of carbonyl (C=O) groups is 2. The van der Waals surface area contributed by atoms with Gasteiger partial charge in [-0.2, -0.15) is 0 Å². The molecule has 1 aliphatic carbocycles. The van der Waals surface area contributed by atoms with Crippen LogP contribution in [0.25, 0.3) is 11.0 Å². The molecule has 9 nitrogen and oxygen atoms in total. The van der Waals surface area contributed by atoms with Gasteiger partial charge in [-0.05, 0) is 43.7 Å². The van der Waals surface area contributed by atoms with Gasteiger partial charge in [0.05, 0.1) is 17.5 Å².